The van der Waals surface area contributed by atoms with E-state index in [4.69, 9.17) is 11.1 Å². The van der Waals surface area contributed by atoms with E-state index in [-0.39, 0.29) is 12.2 Å². The van der Waals surface area contributed by atoms with Crippen molar-refractivity contribution in [1.29, 1.82) is 5.41 Å². The summed E-state index contributed by atoms with van der Waals surface area (Å²) in [6, 6.07) is 9.26. The molecule has 0 saturated heterocycles. The molecule has 15 heavy (non-hydrogen) atoms. The van der Waals surface area contributed by atoms with Crippen LogP contribution in [0, 0.1) is 5.41 Å². The number of benzene rings is 1. The number of amides is 1. The number of hydrogen-bond acceptors (Lipinski definition) is 3. The summed E-state index contributed by atoms with van der Waals surface area (Å²) < 4.78 is 0. The minimum atomic E-state index is -0.852. The normalized spacial score (nSPS) is 11.1. The molecule has 0 aromatic heterocycles. The third-order valence-electron chi connectivity index (χ3n) is 1.80. The maximum Gasteiger partial charge on any atom is 0.266 e. The lowest BCUT2D eigenvalue weighted by Gasteiger charge is -2.00. The molecule has 0 radical (unpaired) electrons. The zero-order valence-corrected chi connectivity index (χ0v) is 8.10. The van der Waals surface area contributed by atoms with Gasteiger partial charge in [0.2, 0.25) is 0 Å². The second-order valence-electron chi connectivity index (χ2n) is 3.08. The topological polar surface area (TPSA) is 87.2 Å². The van der Waals surface area contributed by atoms with Gasteiger partial charge in [-0.2, -0.15) is 0 Å². The van der Waals surface area contributed by atoms with Crippen molar-refractivity contribution < 1.29 is 9.90 Å². The predicted molar refractivity (Wildman–Crippen MR) is 57.8 cm³/mol. The molecule has 78 valence electrons. The third-order valence-corrected chi connectivity index (χ3v) is 1.80. The molecule has 0 saturated carbocycles. The van der Waals surface area contributed by atoms with Crippen LogP contribution in [0.5, 0.6) is 0 Å². The number of carbonyl (C=O) groups excluding carboxylic acids is 1. The van der Waals surface area contributed by atoms with Crippen LogP contribution >= 0.6 is 0 Å². The molecule has 0 heterocycles. The monoisotopic (exact) mass is 204 g/mol. The van der Waals surface area contributed by atoms with Crippen LogP contribution in [0.4, 0.5) is 0 Å². The molecule has 0 fully saturated rings. The van der Waals surface area contributed by atoms with Gasteiger partial charge in [0.15, 0.2) is 0 Å². The first kappa shape index (κ1) is 11.0. The van der Waals surface area contributed by atoms with Crippen LogP contribution in [-0.4, -0.2) is 16.7 Å². The van der Waals surface area contributed by atoms with Crippen molar-refractivity contribution in [2.24, 2.45) is 5.73 Å². The Morgan fingerprint density at radius 3 is 2.53 bits per heavy atom. The van der Waals surface area contributed by atoms with E-state index in [2.05, 4.69) is 0 Å². The molecule has 1 aromatic carbocycles. The van der Waals surface area contributed by atoms with E-state index in [9.17, 15) is 9.90 Å². The first-order valence-corrected chi connectivity index (χ1v) is 4.41. The van der Waals surface area contributed by atoms with Crippen LogP contribution < -0.4 is 5.73 Å². The molecule has 0 aliphatic heterocycles. The van der Waals surface area contributed by atoms with Gasteiger partial charge in [-0.1, -0.05) is 30.3 Å². The summed E-state index contributed by atoms with van der Waals surface area (Å²) in [5, 5.41) is 16.6. The summed E-state index contributed by atoms with van der Waals surface area (Å²) in [6.07, 6.45) is 1.35. The lowest BCUT2D eigenvalue weighted by molar-refractivity contribution is -0.112. The molecule has 1 aromatic rings. The highest BCUT2D eigenvalue weighted by Gasteiger charge is 2.03. The molecule has 1 amide bonds. The van der Waals surface area contributed by atoms with Gasteiger partial charge >= 0.3 is 0 Å². The predicted octanol–water partition coefficient (Wildman–Crippen LogP) is 1.18. The number of nitrogens with two attached hydrogens (primary N) is 1. The van der Waals surface area contributed by atoms with Crippen LogP contribution in [0.2, 0.25) is 0 Å². The van der Waals surface area contributed by atoms with Crippen molar-refractivity contribution >= 4 is 11.6 Å². The maximum absolute atomic E-state index is 10.5. The van der Waals surface area contributed by atoms with Gasteiger partial charge in [0.25, 0.3) is 5.91 Å². The van der Waals surface area contributed by atoms with Crippen molar-refractivity contribution in [3.63, 3.8) is 0 Å². The molecule has 0 aliphatic rings. The van der Waals surface area contributed by atoms with Crippen molar-refractivity contribution in [3.8, 4) is 0 Å². The number of rotatable bonds is 4. The summed E-state index contributed by atoms with van der Waals surface area (Å²) >= 11 is 0. The zero-order valence-electron chi connectivity index (χ0n) is 8.10. The fourth-order valence-corrected chi connectivity index (χ4v) is 1.09. The lowest BCUT2D eigenvalue weighted by Crippen LogP contribution is -2.20. The highest BCUT2D eigenvalue weighted by atomic mass is 16.3. The van der Waals surface area contributed by atoms with E-state index >= 15 is 0 Å². The van der Waals surface area contributed by atoms with E-state index in [1.54, 1.807) is 0 Å². The van der Waals surface area contributed by atoms with E-state index in [1.165, 1.54) is 0 Å². The third kappa shape index (κ3) is 3.64. The Morgan fingerprint density at radius 2 is 2.00 bits per heavy atom. The highest BCUT2D eigenvalue weighted by Crippen LogP contribution is 2.05. The number of hydrogen-bond donors (Lipinski definition) is 3. The van der Waals surface area contributed by atoms with Gasteiger partial charge in [-0.15, -0.1) is 0 Å². The van der Waals surface area contributed by atoms with E-state index in [0.717, 1.165) is 11.6 Å². The number of allylic oxidation sites excluding steroid dienone is 1. The Labute approximate surface area is 87.5 Å². The molecular formula is C11H12N2O2. The molecule has 1 rings (SSSR count). The van der Waals surface area contributed by atoms with E-state index in [0.29, 0.717) is 0 Å². The Balaban J connectivity index is 2.67. The summed E-state index contributed by atoms with van der Waals surface area (Å²) in [5.74, 6) is -0.903. The standard InChI is InChI=1S/C11H12N2O2/c12-10(11(13)15)7-9(14)6-8-4-2-1-3-5-8/h1-5,7,12,14H,6H2,(H2,13,15)/b9-7-,12-10?. The number of nitrogens with one attached hydrogen (secondary N) is 1. The van der Waals surface area contributed by atoms with Crippen LogP contribution in [0.15, 0.2) is 42.2 Å². The lowest BCUT2D eigenvalue weighted by atomic mass is 10.1. The SMILES string of the molecule is N=C(/C=C(\O)Cc1ccccc1)C(N)=O. The minimum Gasteiger partial charge on any atom is -0.512 e. The highest BCUT2D eigenvalue weighted by molar-refractivity contribution is 6.41. The van der Waals surface area contributed by atoms with Crippen molar-refractivity contribution in [1.82, 2.24) is 0 Å². The van der Waals surface area contributed by atoms with Crippen molar-refractivity contribution in [3.05, 3.63) is 47.7 Å². The van der Waals surface area contributed by atoms with Crippen molar-refractivity contribution in [2.75, 3.05) is 0 Å². The average Bonchev–Trinajstić information content (AvgIpc) is 2.18. The fraction of sp³-hybridized carbons (Fsp3) is 0.0909. The summed E-state index contributed by atoms with van der Waals surface area (Å²) in [7, 11) is 0. The molecular weight excluding hydrogens is 192 g/mol. The average molecular weight is 204 g/mol. The minimum absolute atomic E-state index is 0.0509. The Hall–Kier alpha value is -2.10. The molecule has 4 heteroatoms. The molecule has 0 atom stereocenters. The molecule has 0 spiro atoms. The molecule has 0 aliphatic carbocycles. The summed E-state index contributed by atoms with van der Waals surface area (Å²) in [4.78, 5) is 10.5. The van der Waals surface area contributed by atoms with Crippen molar-refractivity contribution in [2.45, 2.75) is 6.42 Å². The Kier molecular flexibility index (Phi) is 3.62. The van der Waals surface area contributed by atoms with Gasteiger partial charge in [-0.05, 0) is 5.56 Å². The summed E-state index contributed by atoms with van der Waals surface area (Å²) in [5.41, 5.74) is 5.36. The van der Waals surface area contributed by atoms with Gasteiger partial charge in [-0.3, -0.25) is 10.2 Å². The molecule has 4 N–H and O–H groups in total. The second kappa shape index (κ2) is 4.95. The largest absolute Gasteiger partial charge is 0.512 e. The van der Waals surface area contributed by atoms with Gasteiger partial charge < -0.3 is 10.8 Å². The summed E-state index contributed by atoms with van der Waals surface area (Å²) in [6.45, 7) is 0. The molecule has 4 nitrogen and oxygen atoms in total. The zero-order chi connectivity index (χ0) is 11.3. The van der Waals surface area contributed by atoms with Gasteiger partial charge in [0.1, 0.15) is 5.71 Å². The van der Waals surface area contributed by atoms with Crippen LogP contribution in [0.3, 0.4) is 0 Å². The van der Waals surface area contributed by atoms with E-state index < -0.39 is 11.6 Å². The van der Waals surface area contributed by atoms with Gasteiger partial charge in [0.05, 0.1) is 5.76 Å². The van der Waals surface area contributed by atoms with Gasteiger partial charge in [-0.25, -0.2) is 0 Å². The Bertz CT molecular complexity index is 396. The van der Waals surface area contributed by atoms with Crippen LogP contribution in [0.1, 0.15) is 5.56 Å². The van der Waals surface area contributed by atoms with Crippen LogP contribution in [0.25, 0.3) is 0 Å². The first-order valence-electron chi connectivity index (χ1n) is 4.41. The number of carbonyl (C=O) groups is 1. The molecule has 0 unspecified atom stereocenters. The quantitative estimate of drug-likeness (QED) is 0.508. The molecule has 0 bridgehead atoms. The number of aliphatic hydroxyl groups is 1. The smallest absolute Gasteiger partial charge is 0.266 e. The number of aliphatic hydroxyl groups excluding tert-OH is 1. The van der Waals surface area contributed by atoms with Gasteiger partial charge in [0, 0.05) is 12.5 Å². The second-order valence-corrected chi connectivity index (χ2v) is 3.08. The first-order chi connectivity index (χ1) is 7.09. The number of primary amides is 1. The van der Waals surface area contributed by atoms with Crippen LogP contribution in [-0.2, 0) is 11.2 Å². The van der Waals surface area contributed by atoms with E-state index in [1.807, 2.05) is 30.3 Å². The fourth-order valence-electron chi connectivity index (χ4n) is 1.09. The Morgan fingerprint density at radius 1 is 1.40 bits per heavy atom. The maximum atomic E-state index is 10.5.